The molecule has 28 heavy (non-hydrogen) atoms. The highest BCUT2D eigenvalue weighted by molar-refractivity contribution is 6.02. The molecule has 2 atom stereocenters. The molecule has 0 bridgehead atoms. The van der Waals surface area contributed by atoms with Gasteiger partial charge in [-0.1, -0.05) is 42.5 Å². The lowest BCUT2D eigenvalue weighted by atomic mass is 9.97. The second-order valence-corrected chi connectivity index (χ2v) is 7.22. The number of amides is 2. The minimum atomic E-state index is -0.637. The third kappa shape index (κ3) is 4.25. The van der Waals surface area contributed by atoms with Gasteiger partial charge < -0.3 is 15.0 Å². The number of carbonyl (C=O) groups excluding carboxylic acids is 2. The zero-order chi connectivity index (χ0) is 20.3. The number of anilines is 1. The summed E-state index contributed by atoms with van der Waals surface area (Å²) in [7, 11) is 0. The van der Waals surface area contributed by atoms with Gasteiger partial charge in [0.05, 0.1) is 6.04 Å². The molecule has 0 aliphatic carbocycles. The van der Waals surface area contributed by atoms with Gasteiger partial charge in [-0.25, -0.2) is 0 Å². The average Bonchev–Trinajstić information content (AvgIpc) is 2.68. The lowest BCUT2D eigenvalue weighted by Crippen LogP contribution is -2.52. The first-order valence-electron chi connectivity index (χ1n) is 9.45. The molecule has 0 fully saturated rings. The van der Waals surface area contributed by atoms with Gasteiger partial charge in [0.1, 0.15) is 5.75 Å². The van der Waals surface area contributed by atoms with Crippen LogP contribution in [-0.2, 0) is 16.0 Å². The number of nitrogens with zero attached hydrogens (tertiary/aromatic N) is 1. The maximum absolute atomic E-state index is 12.7. The summed E-state index contributed by atoms with van der Waals surface area (Å²) >= 11 is 0. The average molecular weight is 378 g/mol. The monoisotopic (exact) mass is 378 g/mol. The van der Waals surface area contributed by atoms with Gasteiger partial charge in [0.15, 0.2) is 6.10 Å². The molecule has 0 saturated carbocycles. The molecule has 0 saturated heterocycles. The first kappa shape index (κ1) is 19.7. The number of para-hydroxylation sites is 1. The van der Waals surface area contributed by atoms with E-state index in [1.165, 1.54) is 6.08 Å². The zero-order valence-electron chi connectivity index (χ0n) is 16.6. The Morgan fingerprint density at radius 2 is 2.00 bits per heavy atom. The van der Waals surface area contributed by atoms with Crippen molar-refractivity contribution in [2.45, 2.75) is 39.3 Å². The van der Waals surface area contributed by atoms with Crippen LogP contribution in [0.3, 0.4) is 0 Å². The van der Waals surface area contributed by atoms with Crippen LogP contribution in [0.5, 0.6) is 5.75 Å². The topological polar surface area (TPSA) is 58.6 Å². The highest BCUT2D eigenvalue weighted by atomic mass is 16.5. The van der Waals surface area contributed by atoms with Crippen LogP contribution in [0.2, 0.25) is 0 Å². The number of benzene rings is 2. The summed E-state index contributed by atoms with van der Waals surface area (Å²) in [6.07, 6.45) is 1.33. The number of fused-ring (bicyclic) bond motifs is 1. The lowest BCUT2D eigenvalue weighted by molar-refractivity contribution is -0.128. The van der Waals surface area contributed by atoms with Crippen molar-refractivity contribution in [3.63, 3.8) is 0 Å². The quantitative estimate of drug-likeness (QED) is 0.812. The summed E-state index contributed by atoms with van der Waals surface area (Å²) in [5, 5.41) is 3.03. The molecule has 3 rings (SSSR count). The molecule has 2 amide bonds. The number of aryl methyl sites for hydroxylation is 2. The van der Waals surface area contributed by atoms with E-state index in [0.717, 1.165) is 22.4 Å². The highest BCUT2D eigenvalue weighted by Gasteiger charge is 2.29. The van der Waals surface area contributed by atoms with Crippen molar-refractivity contribution < 1.29 is 14.3 Å². The molecule has 1 aliphatic rings. The summed E-state index contributed by atoms with van der Waals surface area (Å²) in [6.45, 7) is 9.71. The van der Waals surface area contributed by atoms with Gasteiger partial charge in [0.2, 0.25) is 5.91 Å². The van der Waals surface area contributed by atoms with Crippen molar-refractivity contribution in [2.75, 3.05) is 11.4 Å². The van der Waals surface area contributed by atoms with Crippen molar-refractivity contribution in [1.29, 1.82) is 0 Å². The van der Waals surface area contributed by atoms with E-state index in [0.29, 0.717) is 18.7 Å². The van der Waals surface area contributed by atoms with E-state index in [1.807, 2.05) is 56.3 Å². The number of hydrogen-bond donors (Lipinski definition) is 1. The SMILES string of the molecule is C=CC(=O)N1CC(NC(=O)C(C)Oc2ccc(C)cc2C)Cc2ccccc21. The first-order chi connectivity index (χ1) is 13.4. The minimum absolute atomic E-state index is 0.175. The Balaban J connectivity index is 1.69. The summed E-state index contributed by atoms with van der Waals surface area (Å²) in [5.74, 6) is 0.326. The zero-order valence-corrected chi connectivity index (χ0v) is 16.6. The Labute approximate surface area is 166 Å². The first-order valence-corrected chi connectivity index (χ1v) is 9.45. The Hall–Kier alpha value is -3.08. The fourth-order valence-electron chi connectivity index (χ4n) is 3.51. The Morgan fingerprint density at radius 1 is 1.25 bits per heavy atom. The van der Waals surface area contributed by atoms with Gasteiger partial charge in [-0.15, -0.1) is 0 Å². The molecule has 2 aromatic carbocycles. The smallest absolute Gasteiger partial charge is 0.261 e. The van der Waals surface area contributed by atoms with Gasteiger partial charge in [0, 0.05) is 12.2 Å². The van der Waals surface area contributed by atoms with E-state index in [1.54, 1.807) is 11.8 Å². The fraction of sp³-hybridized carbons (Fsp3) is 0.304. The summed E-state index contributed by atoms with van der Waals surface area (Å²) in [4.78, 5) is 26.6. The Morgan fingerprint density at radius 3 is 2.71 bits per heavy atom. The van der Waals surface area contributed by atoms with E-state index in [2.05, 4.69) is 11.9 Å². The van der Waals surface area contributed by atoms with E-state index in [4.69, 9.17) is 4.74 Å². The molecule has 1 aliphatic heterocycles. The van der Waals surface area contributed by atoms with Gasteiger partial charge in [-0.2, -0.15) is 0 Å². The molecule has 0 radical (unpaired) electrons. The largest absolute Gasteiger partial charge is 0.481 e. The van der Waals surface area contributed by atoms with Gasteiger partial charge in [-0.3, -0.25) is 9.59 Å². The molecule has 0 spiro atoms. The number of rotatable bonds is 5. The standard InChI is InChI=1S/C23H26N2O3/c1-5-22(26)25-14-19(13-18-8-6-7-9-20(18)25)24-23(27)17(4)28-21-11-10-15(2)12-16(21)3/h5-12,17,19H,1,13-14H2,2-4H3,(H,24,27). The second-order valence-electron chi connectivity index (χ2n) is 7.22. The minimum Gasteiger partial charge on any atom is -0.481 e. The maximum Gasteiger partial charge on any atom is 0.261 e. The van der Waals surface area contributed by atoms with E-state index in [-0.39, 0.29) is 17.9 Å². The number of carbonyl (C=O) groups is 2. The normalized spacial score (nSPS) is 16.7. The molecule has 146 valence electrons. The van der Waals surface area contributed by atoms with Crippen LogP contribution in [0.4, 0.5) is 5.69 Å². The Kier molecular flexibility index (Phi) is 5.83. The number of hydrogen-bond acceptors (Lipinski definition) is 3. The molecule has 5 nitrogen and oxygen atoms in total. The molecule has 5 heteroatoms. The van der Waals surface area contributed by atoms with Gasteiger partial charge >= 0.3 is 0 Å². The van der Waals surface area contributed by atoms with Crippen LogP contribution < -0.4 is 15.0 Å². The number of ether oxygens (including phenoxy) is 1. The number of nitrogens with one attached hydrogen (secondary N) is 1. The van der Waals surface area contributed by atoms with Crippen LogP contribution >= 0.6 is 0 Å². The van der Waals surface area contributed by atoms with Crippen molar-refractivity contribution in [3.8, 4) is 5.75 Å². The molecular weight excluding hydrogens is 352 g/mol. The summed E-state index contributed by atoms with van der Waals surface area (Å²) < 4.78 is 5.86. The van der Waals surface area contributed by atoms with Crippen LogP contribution in [0.25, 0.3) is 0 Å². The molecular formula is C23H26N2O3. The predicted octanol–water partition coefficient (Wildman–Crippen LogP) is 3.33. The van der Waals surface area contributed by atoms with E-state index < -0.39 is 6.10 Å². The van der Waals surface area contributed by atoms with Crippen molar-refractivity contribution >= 4 is 17.5 Å². The van der Waals surface area contributed by atoms with Crippen LogP contribution in [0.15, 0.2) is 55.1 Å². The van der Waals surface area contributed by atoms with Crippen molar-refractivity contribution in [3.05, 3.63) is 71.8 Å². The second kappa shape index (κ2) is 8.30. The summed E-state index contributed by atoms with van der Waals surface area (Å²) in [6, 6.07) is 13.4. The van der Waals surface area contributed by atoms with Gasteiger partial charge in [0.25, 0.3) is 5.91 Å². The van der Waals surface area contributed by atoms with Gasteiger partial charge in [-0.05, 0) is 56.5 Å². The van der Waals surface area contributed by atoms with Crippen LogP contribution in [-0.4, -0.2) is 30.5 Å². The third-order valence-corrected chi connectivity index (χ3v) is 4.94. The van der Waals surface area contributed by atoms with E-state index >= 15 is 0 Å². The summed E-state index contributed by atoms with van der Waals surface area (Å²) in [5.41, 5.74) is 4.04. The predicted molar refractivity (Wildman–Crippen MR) is 111 cm³/mol. The van der Waals surface area contributed by atoms with Crippen LogP contribution in [0, 0.1) is 13.8 Å². The van der Waals surface area contributed by atoms with Crippen LogP contribution in [0.1, 0.15) is 23.6 Å². The van der Waals surface area contributed by atoms with Crippen molar-refractivity contribution in [1.82, 2.24) is 5.32 Å². The molecule has 2 unspecified atom stereocenters. The lowest BCUT2D eigenvalue weighted by Gasteiger charge is -2.34. The molecule has 1 N–H and O–H groups in total. The maximum atomic E-state index is 12.7. The molecule has 2 aromatic rings. The van der Waals surface area contributed by atoms with E-state index in [9.17, 15) is 9.59 Å². The Bertz CT molecular complexity index is 906. The third-order valence-electron chi connectivity index (χ3n) is 4.94. The fourth-order valence-corrected chi connectivity index (χ4v) is 3.51. The highest BCUT2D eigenvalue weighted by Crippen LogP contribution is 2.27. The molecule has 1 heterocycles. The molecule has 0 aromatic heterocycles. The van der Waals surface area contributed by atoms with Crippen molar-refractivity contribution in [2.24, 2.45) is 0 Å².